The van der Waals surface area contributed by atoms with Crippen molar-refractivity contribution < 1.29 is 9.59 Å². The number of carbonyl (C=O) groups excluding carboxylic acids is 2. The van der Waals surface area contributed by atoms with Crippen molar-refractivity contribution in [3.05, 3.63) is 29.8 Å². The van der Waals surface area contributed by atoms with E-state index in [0.717, 1.165) is 17.7 Å². The van der Waals surface area contributed by atoms with Gasteiger partial charge in [-0.05, 0) is 24.1 Å². The van der Waals surface area contributed by atoms with Gasteiger partial charge in [0, 0.05) is 31.6 Å². The molecule has 5 nitrogen and oxygen atoms in total. The third-order valence-corrected chi connectivity index (χ3v) is 2.89. The van der Waals surface area contributed by atoms with Crippen LogP contribution in [0.1, 0.15) is 25.8 Å². The van der Waals surface area contributed by atoms with Gasteiger partial charge in [0.1, 0.15) is 0 Å². The van der Waals surface area contributed by atoms with Crippen molar-refractivity contribution in [1.29, 1.82) is 0 Å². The van der Waals surface area contributed by atoms with Crippen molar-refractivity contribution in [3.63, 3.8) is 0 Å². The first-order valence-corrected chi connectivity index (χ1v) is 6.41. The normalized spacial score (nSPS) is 11.7. The maximum atomic E-state index is 11.7. The monoisotopic (exact) mass is 263 g/mol. The number of rotatable bonds is 6. The zero-order valence-electron chi connectivity index (χ0n) is 11.4. The maximum Gasteiger partial charge on any atom is 0.224 e. The predicted molar refractivity (Wildman–Crippen MR) is 75.4 cm³/mol. The lowest BCUT2D eigenvalue weighted by atomic mass is 10.1. The van der Waals surface area contributed by atoms with Crippen molar-refractivity contribution in [2.75, 3.05) is 11.9 Å². The SMILES string of the molecule is CCC(CN)C(=O)NCc1ccc(NC(C)=O)cc1. The molecule has 1 rings (SSSR count). The Labute approximate surface area is 113 Å². The summed E-state index contributed by atoms with van der Waals surface area (Å²) >= 11 is 0. The lowest BCUT2D eigenvalue weighted by Gasteiger charge is -2.12. The average Bonchev–Trinajstić information content (AvgIpc) is 2.38. The Balaban J connectivity index is 2.50. The molecule has 19 heavy (non-hydrogen) atoms. The fourth-order valence-electron chi connectivity index (χ4n) is 1.70. The van der Waals surface area contributed by atoms with Gasteiger partial charge in [-0.2, -0.15) is 0 Å². The molecule has 0 fully saturated rings. The number of amides is 2. The van der Waals surface area contributed by atoms with Crippen LogP contribution in [0.5, 0.6) is 0 Å². The summed E-state index contributed by atoms with van der Waals surface area (Å²) in [6.07, 6.45) is 0.740. The Kier molecular flexibility index (Phi) is 6.02. The van der Waals surface area contributed by atoms with Crippen molar-refractivity contribution >= 4 is 17.5 Å². The van der Waals surface area contributed by atoms with E-state index in [4.69, 9.17) is 5.73 Å². The van der Waals surface area contributed by atoms with Gasteiger partial charge in [0.15, 0.2) is 0 Å². The predicted octanol–water partition coefficient (Wildman–Crippen LogP) is 1.25. The first kappa shape index (κ1) is 15.2. The van der Waals surface area contributed by atoms with Crippen LogP contribution in [0.25, 0.3) is 0 Å². The Morgan fingerprint density at radius 1 is 1.26 bits per heavy atom. The van der Waals surface area contributed by atoms with Crippen molar-refractivity contribution in [2.24, 2.45) is 11.7 Å². The van der Waals surface area contributed by atoms with Gasteiger partial charge in [-0.15, -0.1) is 0 Å². The van der Waals surface area contributed by atoms with Crippen molar-refractivity contribution in [2.45, 2.75) is 26.8 Å². The summed E-state index contributed by atoms with van der Waals surface area (Å²) in [6.45, 7) is 4.24. The zero-order chi connectivity index (χ0) is 14.3. The number of carbonyl (C=O) groups is 2. The highest BCUT2D eigenvalue weighted by Crippen LogP contribution is 2.09. The van der Waals surface area contributed by atoms with E-state index < -0.39 is 0 Å². The number of nitrogens with one attached hydrogen (secondary N) is 2. The van der Waals surface area contributed by atoms with Crippen LogP contribution in [-0.2, 0) is 16.1 Å². The van der Waals surface area contributed by atoms with Crippen molar-refractivity contribution in [1.82, 2.24) is 5.32 Å². The molecule has 0 aliphatic heterocycles. The molecule has 0 heterocycles. The van der Waals surface area contributed by atoms with Crippen LogP contribution in [-0.4, -0.2) is 18.4 Å². The van der Waals surface area contributed by atoms with Crippen LogP contribution < -0.4 is 16.4 Å². The molecule has 0 aliphatic carbocycles. The zero-order valence-corrected chi connectivity index (χ0v) is 11.4. The van der Waals surface area contributed by atoms with E-state index in [-0.39, 0.29) is 17.7 Å². The highest BCUT2D eigenvalue weighted by atomic mass is 16.2. The third-order valence-electron chi connectivity index (χ3n) is 2.89. The van der Waals surface area contributed by atoms with E-state index in [1.807, 2.05) is 31.2 Å². The van der Waals surface area contributed by atoms with Gasteiger partial charge in [-0.1, -0.05) is 19.1 Å². The fraction of sp³-hybridized carbons (Fsp3) is 0.429. The van der Waals surface area contributed by atoms with Gasteiger partial charge in [0.05, 0.1) is 0 Å². The number of hydrogen-bond donors (Lipinski definition) is 3. The first-order chi connectivity index (χ1) is 9.06. The van der Waals surface area contributed by atoms with Gasteiger partial charge in [-0.25, -0.2) is 0 Å². The first-order valence-electron chi connectivity index (χ1n) is 6.41. The molecule has 0 spiro atoms. The van der Waals surface area contributed by atoms with Crippen LogP contribution >= 0.6 is 0 Å². The van der Waals surface area contributed by atoms with Gasteiger partial charge < -0.3 is 16.4 Å². The second kappa shape index (κ2) is 7.53. The molecular formula is C14H21N3O2. The lowest BCUT2D eigenvalue weighted by molar-refractivity contribution is -0.125. The molecular weight excluding hydrogens is 242 g/mol. The van der Waals surface area contributed by atoms with Crippen LogP contribution in [0.15, 0.2) is 24.3 Å². The van der Waals surface area contributed by atoms with Gasteiger partial charge >= 0.3 is 0 Å². The number of anilines is 1. The minimum Gasteiger partial charge on any atom is -0.352 e. The minimum atomic E-state index is -0.126. The molecule has 104 valence electrons. The van der Waals surface area contributed by atoms with E-state index in [2.05, 4.69) is 10.6 Å². The Bertz CT molecular complexity index is 425. The molecule has 1 atom stereocenters. The smallest absolute Gasteiger partial charge is 0.224 e. The Hall–Kier alpha value is -1.88. The molecule has 4 N–H and O–H groups in total. The quantitative estimate of drug-likeness (QED) is 0.722. The summed E-state index contributed by atoms with van der Waals surface area (Å²) in [5, 5.41) is 5.55. The van der Waals surface area contributed by atoms with E-state index in [0.29, 0.717) is 13.1 Å². The van der Waals surface area contributed by atoms with Crippen LogP contribution in [0.2, 0.25) is 0 Å². The van der Waals surface area contributed by atoms with Gasteiger partial charge in [0.2, 0.25) is 11.8 Å². The molecule has 1 aromatic carbocycles. The second-order valence-electron chi connectivity index (χ2n) is 4.44. The largest absolute Gasteiger partial charge is 0.352 e. The summed E-state index contributed by atoms with van der Waals surface area (Å²) in [5.74, 6) is -0.246. The maximum absolute atomic E-state index is 11.7. The fourth-order valence-corrected chi connectivity index (χ4v) is 1.70. The lowest BCUT2D eigenvalue weighted by Crippen LogP contribution is -2.34. The number of benzene rings is 1. The Morgan fingerprint density at radius 3 is 2.37 bits per heavy atom. The topological polar surface area (TPSA) is 84.2 Å². The van der Waals surface area contributed by atoms with Gasteiger partial charge in [-0.3, -0.25) is 9.59 Å². The Morgan fingerprint density at radius 2 is 1.89 bits per heavy atom. The van der Waals surface area contributed by atoms with Crippen LogP contribution in [0.3, 0.4) is 0 Å². The second-order valence-corrected chi connectivity index (χ2v) is 4.44. The molecule has 0 saturated carbocycles. The van der Waals surface area contributed by atoms with E-state index in [9.17, 15) is 9.59 Å². The van der Waals surface area contributed by atoms with E-state index in [1.54, 1.807) is 0 Å². The molecule has 0 aliphatic rings. The third kappa shape index (κ3) is 5.09. The van der Waals surface area contributed by atoms with Gasteiger partial charge in [0.25, 0.3) is 0 Å². The summed E-state index contributed by atoms with van der Waals surface area (Å²) in [6, 6.07) is 7.36. The minimum absolute atomic E-state index is 0.0177. The number of nitrogens with two attached hydrogens (primary N) is 1. The molecule has 0 radical (unpaired) electrons. The summed E-state index contributed by atoms with van der Waals surface area (Å²) < 4.78 is 0. The average molecular weight is 263 g/mol. The summed E-state index contributed by atoms with van der Waals surface area (Å²) in [4.78, 5) is 22.6. The molecule has 1 aromatic rings. The summed E-state index contributed by atoms with van der Waals surface area (Å²) in [7, 11) is 0. The highest BCUT2D eigenvalue weighted by Gasteiger charge is 2.13. The van der Waals surface area contributed by atoms with Crippen molar-refractivity contribution in [3.8, 4) is 0 Å². The standard InChI is InChI=1S/C14H21N3O2/c1-3-12(8-15)14(19)16-9-11-4-6-13(7-5-11)17-10(2)18/h4-7,12H,3,8-9,15H2,1-2H3,(H,16,19)(H,17,18). The molecule has 0 saturated heterocycles. The highest BCUT2D eigenvalue weighted by molar-refractivity contribution is 5.88. The van der Waals surface area contributed by atoms with E-state index >= 15 is 0 Å². The molecule has 2 amide bonds. The summed E-state index contributed by atoms with van der Waals surface area (Å²) in [5.41, 5.74) is 7.25. The van der Waals surface area contributed by atoms with E-state index in [1.165, 1.54) is 6.92 Å². The number of hydrogen-bond acceptors (Lipinski definition) is 3. The van der Waals surface area contributed by atoms with Crippen LogP contribution in [0, 0.1) is 5.92 Å². The molecule has 1 unspecified atom stereocenters. The molecule has 0 aromatic heterocycles. The van der Waals surface area contributed by atoms with Crippen LogP contribution in [0.4, 0.5) is 5.69 Å². The molecule has 0 bridgehead atoms. The molecule has 5 heteroatoms.